The number of ether oxygens (including phenoxy) is 1. The van der Waals surface area contributed by atoms with Crippen LogP contribution in [0.4, 0.5) is 0 Å². The molecule has 0 aromatic rings. The lowest BCUT2D eigenvalue weighted by Gasteiger charge is -2.46. The van der Waals surface area contributed by atoms with Gasteiger partial charge in [-0.1, -0.05) is 13.8 Å². The molecule has 0 radical (unpaired) electrons. The lowest BCUT2D eigenvalue weighted by molar-refractivity contribution is -0.163. The van der Waals surface area contributed by atoms with E-state index in [1.807, 2.05) is 0 Å². The fraction of sp³-hybridized carbons (Fsp3) is 1.00. The van der Waals surface area contributed by atoms with Crippen molar-refractivity contribution in [1.82, 2.24) is 5.32 Å². The Morgan fingerprint density at radius 2 is 2.00 bits per heavy atom. The van der Waals surface area contributed by atoms with Gasteiger partial charge in [-0.2, -0.15) is 0 Å². The van der Waals surface area contributed by atoms with E-state index in [9.17, 15) is 0 Å². The summed E-state index contributed by atoms with van der Waals surface area (Å²) in [5.41, 5.74) is 0.273. The fourth-order valence-corrected chi connectivity index (χ4v) is 2.55. The lowest BCUT2D eigenvalue weighted by atomic mass is 9.76. The molecule has 2 aliphatic carbocycles. The van der Waals surface area contributed by atoms with E-state index in [4.69, 9.17) is 4.74 Å². The van der Waals surface area contributed by atoms with Gasteiger partial charge in [-0.25, -0.2) is 0 Å². The molecule has 0 amide bonds. The van der Waals surface area contributed by atoms with E-state index in [1.165, 1.54) is 44.9 Å². The maximum Gasteiger partial charge on any atom is 0.0698 e. The molecule has 0 atom stereocenters. The first kappa shape index (κ1) is 12.4. The summed E-state index contributed by atoms with van der Waals surface area (Å²) in [5.74, 6) is 0.755. The molecule has 0 aliphatic heterocycles. The molecule has 1 N–H and O–H groups in total. The average Bonchev–Trinajstić information content (AvgIpc) is 2.11. The topological polar surface area (TPSA) is 21.3 Å². The molecule has 94 valence electrons. The molecule has 0 unspecified atom stereocenters. The van der Waals surface area contributed by atoms with Gasteiger partial charge >= 0.3 is 0 Å². The van der Waals surface area contributed by atoms with Crippen LogP contribution >= 0.6 is 0 Å². The number of nitrogens with one attached hydrogen (secondary N) is 1. The first-order valence-electron chi connectivity index (χ1n) is 7.09. The first-order valence-corrected chi connectivity index (χ1v) is 7.09. The van der Waals surface area contributed by atoms with Gasteiger partial charge in [0, 0.05) is 0 Å². The Kier molecular flexibility index (Phi) is 4.26. The van der Waals surface area contributed by atoms with Crippen LogP contribution in [0.1, 0.15) is 58.8 Å². The standard InChI is InChI=1S/C14H27NO/c1-12(2)11-15-10-9-14(7-4-8-14)16-13-5-3-6-13/h12-13,15H,3-11H2,1-2H3. The van der Waals surface area contributed by atoms with Crippen LogP contribution in [-0.2, 0) is 4.74 Å². The fourth-order valence-electron chi connectivity index (χ4n) is 2.55. The molecule has 0 heterocycles. The summed E-state index contributed by atoms with van der Waals surface area (Å²) >= 11 is 0. The summed E-state index contributed by atoms with van der Waals surface area (Å²) in [6.07, 6.45) is 9.78. The van der Waals surface area contributed by atoms with Crippen LogP contribution in [-0.4, -0.2) is 24.8 Å². The molecular weight excluding hydrogens is 198 g/mol. The van der Waals surface area contributed by atoms with Crippen molar-refractivity contribution in [1.29, 1.82) is 0 Å². The molecule has 2 aliphatic rings. The monoisotopic (exact) mass is 225 g/mol. The minimum atomic E-state index is 0.273. The molecule has 2 nitrogen and oxygen atoms in total. The Hall–Kier alpha value is -0.0800. The van der Waals surface area contributed by atoms with Crippen molar-refractivity contribution in [3.63, 3.8) is 0 Å². The van der Waals surface area contributed by atoms with Gasteiger partial charge in [-0.05, 0) is 64.0 Å². The predicted octanol–water partition coefficient (Wildman–Crippen LogP) is 3.11. The smallest absolute Gasteiger partial charge is 0.0698 e. The highest BCUT2D eigenvalue weighted by Gasteiger charge is 2.40. The van der Waals surface area contributed by atoms with E-state index in [1.54, 1.807) is 0 Å². The van der Waals surface area contributed by atoms with Gasteiger partial charge in [0.2, 0.25) is 0 Å². The molecule has 2 saturated carbocycles. The molecule has 16 heavy (non-hydrogen) atoms. The average molecular weight is 225 g/mol. The highest BCUT2D eigenvalue weighted by Crippen LogP contribution is 2.42. The summed E-state index contributed by atoms with van der Waals surface area (Å²) in [5, 5.41) is 3.54. The molecular formula is C14H27NO. The number of hydrogen-bond acceptors (Lipinski definition) is 2. The van der Waals surface area contributed by atoms with E-state index >= 15 is 0 Å². The van der Waals surface area contributed by atoms with Crippen molar-refractivity contribution in [2.75, 3.05) is 13.1 Å². The van der Waals surface area contributed by atoms with E-state index in [2.05, 4.69) is 19.2 Å². The van der Waals surface area contributed by atoms with Gasteiger partial charge in [0.1, 0.15) is 0 Å². The van der Waals surface area contributed by atoms with Crippen LogP contribution in [0.2, 0.25) is 0 Å². The number of hydrogen-bond donors (Lipinski definition) is 1. The second kappa shape index (κ2) is 5.50. The summed E-state index contributed by atoms with van der Waals surface area (Å²) < 4.78 is 6.28. The van der Waals surface area contributed by atoms with Crippen LogP contribution in [0.15, 0.2) is 0 Å². The zero-order chi connectivity index (χ0) is 11.4. The van der Waals surface area contributed by atoms with Gasteiger partial charge in [0.25, 0.3) is 0 Å². The van der Waals surface area contributed by atoms with Gasteiger partial charge in [0.05, 0.1) is 11.7 Å². The lowest BCUT2D eigenvalue weighted by Crippen LogP contribution is -2.46. The maximum absolute atomic E-state index is 6.28. The molecule has 0 spiro atoms. The van der Waals surface area contributed by atoms with Crippen molar-refractivity contribution in [2.45, 2.75) is 70.5 Å². The van der Waals surface area contributed by atoms with E-state index in [-0.39, 0.29) is 5.60 Å². The molecule has 0 aromatic heterocycles. The summed E-state index contributed by atoms with van der Waals surface area (Å²) in [7, 11) is 0. The predicted molar refractivity (Wildman–Crippen MR) is 67.6 cm³/mol. The van der Waals surface area contributed by atoms with Crippen LogP contribution < -0.4 is 5.32 Å². The second-order valence-corrected chi connectivity index (χ2v) is 6.06. The minimum absolute atomic E-state index is 0.273. The van der Waals surface area contributed by atoms with Crippen LogP contribution in [0.3, 0.4) is 0 Å². The maximum atomic E-state index is 6.28. The van der Waals surface area contributed by atoms with Gasteiger partial charge in [0.15, 0.2) is 0 Å². The van der Waals surface area contributed by atoms with Gasteiger partial charge in [-0.15, -0.1) is 0 Å². The zero-order valence-electron chi connectivity index (χ0n) is 10.9. The Labute approximate surface area is 100 Å². The highest BCUT2D eigenvalue weighted by molar-refractivity contribution is 4.92. The largest absolute Gasteiger partial charge is 0.372 e. The summed E-state index contributed by atoms with van der Waals surface area (Å²) in [4.78, 5) is 0. The molecule has 0 bridgehead atoms. The van der Waals surface area contributed by atoms with Crippen molar-refractivity contribution in [3.05, 3.63) is 0 Å². The Morgan fingerprint density at radius 1 is 1.25 bits per heavy atom. The highest BCUT2D eigenvalue weighted by atomic mass is 16.5. The van der Waals surface area contributed by atoms with Crippen molar-refractivity contribution in [3.8, 4) is 0 Å². The SMILES string of the molecule is CC(C)CNCCC1(OC2CCC2)CCC1. The van der Waals surface area contributed by atoms with Crippen LogP contribution in [0.5, 0.6) is 0 Å². The minimum Gasteiger partial charge on any atom is -0.372 e. The van der Waals surface area contributed by atoms with E-state index in [0.29, 0.717) is 6.10 Å². The van der Waals surface area contributed by atoms with Crippen LogP contribution in [0.25, 0.3) is 0 Å². The third kappa shape index (κ3) is 3.21. The van der Waals surface area contributed by atoms with Gasteiger partial charge in [-0.3, -0.25) is 0 Å². The summed E-state index contributed by atoms with van der Waals surface area (Å²) in [6, 6.07) is 0. The molecule has 0 aromatic carbocycles. The molecule has 2 fully saturated rings. The van der Waals surface area contributed by atoms with Crippen LogP contribution in [0, 0.1) is 5.92 Å². The molecule has 2 heteroatoms. The van der Waals surface area contributed by atoms with Gasteiger partial charge < -0.3 is 10.1 Å². The third-order valence-corrected chi connectivity index (χ3v) is 4.04. The third-order valence-electron chi connectivity index (χ3n) is 4.04. The van der Waals surface area contributed by atoms with Crippen molar-refractivity contribution < 1.29 is 4.74 Å². The first-order chi connectivity index (χ1) is 7.70. The molecule has 2 rings (SSSR count). The number of rotatable bonds is 7. The Balaban J connectivity index is 1.63. The quantitative estimate of drug-likeness (QED) is 0.672. The van der Waals surface area contributed by atoms with E-state index < -0.39 is 0 Å². The second-order valence-electron chi connectivity index (χ2n) is 6.06. The van der Waals surface area contributed by atoms with E-state index in [0.717, 1.165) is 19.0 Å². The normalized spacial score (nSPS) is 24.2. The van der Waals surface area contributed by atoms with Crippen molar-refractivity contribution >= 4 is 0 Å². The Morgan fingerprint density at radius 3 is 2.44 bits per heavy atom. The van der Waals surface area contributed by atoms with Crippen molar-refractivity contribution in [2.24, 2.45) is 5.92 Å². The summed E-state index contributed by atoms with van der Waals surface area (Å²) in [6.45, 7) is 6.79. The Bertz CT molecular complexity index is 207. The zero-order valence-corrected chi connectivity index (χ0v) is 10.9. The molecule has 0 saturated heterocycles.